The third-order valence-electron chi connectivity index (χ3n) is 6.19. The number of nitrogens with one attached hydrogen (secondary N) is 1. The summed E-state index contributed by atoms with van der Waals surface area (Å²) in [5.41, 5.74) is 1.18. The number of amides is 1. The lowest BCUT2D eigenvalue weighted by Crippen LogP contribution is -2.53. The lowest BCUT2D eigenvalue weighted by Gasteiger charge is -2.60. The standard InChI is InChI=1S/C19H21BrN2OS/c20-19-8-12-5-13(9-19)7-18(6-12,11-19)10-16(23)22-17-21-14-3-1-2-4-15(14)24-17/h1-4,12-13H,5-11H2,(H,21,22,23)/t12-,13-,18?,19?/m1/s1. The largest absolute Gasteiger partial charge is 0.302 e. The zero-order valence-electron chi connectivity index (χ0n) is 13.6. The second-order valence-electron chi connectivity index (χ2n) is 8.32. The summed E-state index contributed by atoms with van der Waals surface area (Å²) in [6, 6.07) is 8.04. The van der Waals surface area contributed by atoms with Crippen molar-refractivity contribution in [3.8, 4) is 0 Å². The van der Waals surface area contributed by atoms with Crippen molar-refractivity contribution in [3.63, 3.8) is 0 Å². The van der Waals surface area contributed by atoms with Crippen LogP contribution in [0.15, 0.2) is 24.3 Å². The van der Waals surface area contributed by atoms with Crippen LogP contribution in [-0.4, -0.2) is 15.2 Å². The molecule has 2 aromatic rings. The Balaban J connectivity index is 1.33. The molecular formula is C19H21BrN2OS. The molecule has 5 heteroatoms. The van der Waals surface area contributed by atoms with Crippen LogP contribution in [0.4, 0.5) is 5.13 Å². The van der Waals surface area contributed by atoms with Crippen LogP contribution >= 0.6 is 27.3 Å². The number of halogens is 1. The minimum absolute atomic E-state index is 0.145. The van der Waals surface area contributed by atoms with Gasteiger partial charge in [-0.3, -0.25) is 4.79 Å². The van der Waals surface area contributed by atoms with E-state index < -0.39 is 0 Å². The van der Waals surface area contributed by atoms with Gasteiger partial charge in [-0.25, -0.2) is 4.98 Å². The fourth-order valence-electron chi connectivity index (χ4n) is 5.97. The first-order valence-electron chi connectivity index (χ1n) is 8.85. The van der Waals surface area contributed by atoms with Crippen LogP contribution in [0.3, 0.4) is 0 Å². The Morgan fingerprint density at radius 3 is 2.71 bits per heavy atom. The lowest BCUT2D eigenvalue weighted by atomic mass is 9.48. The number of hydrogen-bond acceptors (Lipinski definition) is 3. The highest BCUT2D eigenvalue weighted by atomic mass is 79.9. The number of carbonyl (C=O) groups excluding carboxylic acids is 1. The quantitative estimate of drug-likeness (QED) is 0.699. The molecular weight excluding hydrogens is 384 g/mol. The van der Waals surface area contributed by atoms with Crippen LogP contribution in [0.2, 0.25) is 0 Å². The molecule has 126 valence electrons. The summed E-state index contributed by atoms with van der Waals surface area (Å²) in [6.45, 7) is 0. The minimum atomic E-state index is 0.145. The van der Waals surface area contributed by atoms with E-state index in [0.29, 0.717) is 10.7 Å². The summed E-state index contributed by atoms with van der Waals surface area (Å²) in [7, 11) is 0. The van der Waals surface area contributed by atoms with Crippen molar-refractivity contribution in [2.24, 2.45) is 17.3 Å². The Bertz CT molecular complexity index is 770. The van der Waals surface area contributed by atoms with Crippen LogP contribution in [0.25, 0.3) is 10.2 Å². The molecule has 1 aromatic heterocycles. The Morgan fingerprint density at radius 2 is 2.00 bits per heavy atom. The molecule has 4 aliphatic carbocycles. The van der Waals surface area contributed by atoms with Gasteiger partial charge < -0.3 is 5.32 Å². The van der Waals surface area contributed by atoms with E-state index in [2.05, 4.69) is 32.3 Å². The number of thiazole rings is 1. The molecule has 4 saturated carbocycles. The monoisotopic (exact) mass is 404 g/mol. The van der Waals surface area contributed by atoms with Crippen LogP contribution in [0.5, 0.6) is 0 Å². The van der Waals surface area contributed by atoms with E-state index in [1.807, 2.05) is 18.2 Å². The number of alkyl halides is 1. The average molecular weight is 405 g/mol. The van der Waals surface area contributed by atoms with E-state index in [1.54, 1.807) is 11.3 Å². The molecule has 0 radical (unpaired) electrons. The second kappa shape index (κ2) is 5.28. The smallest absolute Gasteiger partial charge is 0.226 e. The highest BCUT2D eigenvalue weighted by Gasteiger charge is 2.57. The van der Waals surface area contributed by atoms with Gasteiger partial charge in [-0.05, 0) is 67.9 Å². The number of rotatable bonds is 3. The van der Waals surface area contributed by atoms with Gasteiger partial charge in [0.15, 0.2) is 5.13 Å². The molecule has 1 aromatic carbocycles. The Hall–Kier alpha value is -0.940. The van der Waals surface area contributed by atoms with Crippen molar-refractivity contribution in [1.82, 2.24) is 4.98 Å². The van der Waals surface area contributed by atoms with Crippen LogP contribution in [0, 0.1) is 17.3 Å². The highest BCUT2D eigenvalue weighted by Crippen LogP contribution is 2.65. The van der Waals surface area contributed by atoms with Crippen molar-refractivity contribution in [1.29, 1.82) is 0 Å². The highest BCUT2D eigenvalue weighted by molar-refractivity contribution is 9.10. The van der Waals surface area contributed by atoms with Gasteiger partial charge in [0.05, 0.1) is 10.2 Å². The first kappa shape index (κ1) is 15.3. The van der Waals surface area contributed by atoms with E-state index >= 15 is 0 Å². The van der Waals surface area contributed by atoms with Crippen molar-refractivity contribution in [3.05, 3.63) is 24.3 Å². The van der Waals surface area contributed by atoms with Gasteiger partial charge >= 0.3 is 0 Å². The number of nitrogens with zero attached hydrogens (tertiary/aromatic N) is 1. The summed E-state index contributed by atoms with van der Waals surface area (Å²) in [5, 5.41) is 3.81. The predicted molar refractivity (Wildman–Crippen MR) is 102 cm³/mol. The van der Waals surface area contributed by atoms with Crippen LogP contribution in [0.1, 0.15) is 44.9 Å². The normalized spacial score (nSPS) is 37.0. The third kappa shape index (κ3) is 2.60. The number of anilines is 1. The molecule has 4 fully saturated rings. The number of benzene rings is 1. The van der Waals surface area contributed by atoms with Gasteiger partial charge in [0.25, 0.3) is 0 Å². The molecule has 0 unspecified atom stereocenters. The third-order valence-corrected chi connectivity index (χ3v) is 8.07. The van der Waals surface area contributed by atoms with Gasteiger partial charge in [-0.1, -0.05) is 39.4 Å². The van der Waals surface area contributed by atoms with Gasteiger partial charge in [0, 0.05) is 10.7 Å². The summed E-state index contributed by atoms with van der Waals surface area (Å²) in [5.74, 6) is 1.79. The van der Waals surface area contributed by atoms with Crippen molar-refractivity contribution in [2.75, 3.05) is 5.32 Å². The molecule has 2 atom stereocenters. The maximum Gasteiger partial charge on any atom is 0.226 e. The molecule has 24 heavy (non-hydrogen) atoms. The van der Waals surface area contributed by atoms with Crippen molar-refractivity contribution < 1.29 is 4.79 Å². The number of fused-ring (bicyclic) bond motifs is 1. The van der Waals surface area contributed by atoms with Crippen LogP contribution in [-0.2, 0) is 4.79 Å². The Labute approximate surface area is 154 Å². The summed E-state index contributed by atoms with van der Waals surface area (Å²) in [4.78, 5) is 17.3. The molecule has 4 bridgehead atoms. The Kier molecular flexibility index (Phi) is 3.37. The van der Waals surface area contributed by atoms with E-state index in [4.69, 9.17) is 0 Å². The summed E-state index contributed by atoms with van der Waals surface area (Å²) >= 11 is 5.60. The molecule has 0 saturated heterocycles. The SMILES string of the molecule is O=C(CC12C[C@H]3C[C@@H](CC(Br)(C3)C1)C2)Nc1nc2ccccc2s1. The minimum Gasteiger partial charge on any atom is -0.302 e. The van der Waals surface area contributed by atoms with E-state index in [1.165, 1.54) is 38.5 Å². The fraction of sp³-hybridized carbons (Fsp3) is 0.579. The molecule has 1 N–H and O–H groups in total. The van der Waals surface area contributed by atoms with Crippen LogP contribution < -0.4 is 5.32 Å². The molecule has 3 nitrogen and oxygen atoms in total. The van der Waals surface area contributed by atoms with Gasteiger partial charge in [0.2, 0.25) is 5.91 Å². The van der Waals surface area contributed by atoms with E-state index in [0.717, 1.165) is 27.2 Å². The van der Waals surface area contributed by atoms with Crippen molar-refractivity contribution >= 4 is 48.5 Å². The Morgan fingerprint density at radius 1 is 1.25 bits per heavy atom. The van der Waals surface area contributed by atoms with E-state index in [-0.39, 0.29) is 11.3 Å². The van der Waals surface area contributed by atoms with Crippen molar-refractivity contribution in [2.45, 2.75) is 49.3 Å². The summed E-state index contributed by atoms with van der Waals surface area (Å²) in [6.07, 6.45) is 8.31. The topological polar surface area (TPSA) is 42.0 Å². The van der Waals surface area contributed by atoms with Gasteiger partial charge in [-0.2, -0.15) is 0 Å². The second-order valence-corrected chi connectivity index (χ2v) is 11.0. The maximum absolute atomic E-state index is 12.7. The molecule has 6 rings (SSSR count). The van der Waals surface area contributed by atoms with Gasteiger partial charge in [-0.15, -0.1) is 0 Å². The first-order valence-corrected chi connectivity index (χ1v) is 10.5. The summed E-state index contributed by atoms with van der Waals surface area (Å²) < 4.78 is 1.44. The lowest BCUT2D eigenvalue weighted by molar-refractivity contribution is -0.123. The maximum atomic E-state index is 12.7. The zero-order chi connectivity index (χ0) is 16.4. The number of carbonyl (C=O) groups is 1. The first-order chi connectivity index (χ1) is 11.5. The van der Waals surface area contributed by atoms with E-state index in [9.17, 15) is 4.79 Å². The predicted octanol–water partition coefficient (Wildman–Crippen LogP) is 5.36. The van der Waals surface area contributed by atoms with Gasteiger partial charge in [0.1, 0.15) is 0 Å². The number of hydrogen-bond donors (Lipinski definition) is 1. The molecule has 0 spiro atoms. The number of aromatic nitrogens is 1. The number of para-hydroxylation sites is 1. The molecule has 0 aliphatic heterocycles. The average Bonchev–Trinajstić information content (AvgIpc) is 2.85. The molecule has 1 amide bonds. The molecule has 4 aliphatic rings. The fourth-order valence-corrected chi connectivity index (χ4v) is 8.36. The molecule has 1 heterocycles. The zero-order valence-corrected chi connectivity index (χ0v) is 16.0.